The van der Waals surface area contributed by atoms with Crippen LogP contribution in [0.5, 0.6) is 0 Å². The van der Waals surface area contributed by atoms with Gasteiger partial charge in [0.05, 0.1) is 0 Å². The Morgan fingerprint density at radius 1 is 0.905 bits per heavy atom. The van der Waals surface area contributed by atoms with Crippen LogP contribution in [0.25, 0.3) is 0 Å². The fraction of sp³-hybridized carbons (Fsp3) is 0.947. The quantitative estimate of drug-likeness (QED) is 0.584. The van der Waals surface area contributed by atoms with Crippen LogP contribution >= 0.6 is 12.4 Å². The molecule has 4 aliphatic carbocycles. The number of hydrogen-bond acceptors (Lipinski definition) is 1. The number of fused-ring (bicyclic) bond motifs is 5. The van der Waals surface area contributed by atoms with E-state index in [9.17, 15) is 4.79 Å². The third-order valence-electron chi connectivity index (χ3n) is 8.29. The Morgan fingerprint density at radius 2 is 1.71 bits per heavy atom. The molecule has 0 heterocycles. The van der Waals surface area contributed by atoms with E-state index in [-0.39, 0.29) is 17.8 Å². The zero-order valence-electron chi connectivity index (χ0n) is 13.7. The van der Waals surface area contributed by atoms with Gasteiger partial charge in [-0.25, -0.2) is 0 Å². The number of carbonyl (C=O) groups excluding carboxylic acids is 1. The van der Waals surface area contributed by atoms with Crippen LogP contribution in [0, 0.1) is 34.5 Å². The molecule has 120 valence electrons. The molecular formula is C19H31ClO. The molecule has 4 saturated carbocycles. The summed E-state index contributed by atoms with van der Waals surface area (Å²) in [5.74, 6) is 4.13. The summed E-state index contributed by atoms with van der Waals surface area (Å²) in [6.07, 6.45) is 13.4. The SMILES string of the molecule is C[C@]12CCCCC1CC[C@@H]1[C@@H]2CC[C@]2(C)C(=O)CC[C@@H]12.Cl. The molecule has 1 unspecified atom stereocenters. The summed E-state index contributed by atoms with van der Waals surface area (Å²) < 4.78 is 0. The lowest BCUT2D eigenvalue weighted by Crippen LogP contribution is -2.52. The monoisotopic (exact) mass is 310 g/mol. The number of halogens is 1. The largest absolute Gasteiger partial charge is 0.299 e. The lowest BCUT2D eigenvalue weighted by molar-refractivity contribution is -0.138. The normalized spacial score (nSPS) is 52.4. The average Bonchev–Trinajstić information content (AvgIpc) is 2.74. The second kappa shape index (κ2) is 5.25. The van der Waals surface area contributed by atoms with E-state index in [4.69, 9.17) is 0 Å². The van der Waals surface area contributed by atoms with E-state index >= 15 is 0 Å². The molecule has 0 aromatic rings. The molecule has 4 rings (SSSR count). The van der Waals surface area contributed by atoms with Crippen molar-refractivity contribution in [2.45, 2.75) is 78.1 Å². The highest BCUT2D eigenvalue weighted by atomic mass is 35.5. The Kier molecular flexibility index (Phi) is 3.96. The van der Waals surface area contributed by atoms with Gasteiger partial charge in [0, 0.05) is 11.8 Å². The number of carbonyl (C=O) groups is 1. The van der Waals surface area contributed by atoms with E-state index in [1.807, 2.05) is 0 Å². The first-order chi connectivity index (χ1) is 9.56. The maximum Gasteiger partial charge on any atom is 0.139 e. The van der Waals surface area contributed by atoms with Gasteiger partial charge in [0.15, 0.2) is 0 Å². The van der Waals surface area contributed by atoms with Crippen molar-refractivity contribution in [3.05, 3.63) is 0 Å². The van der Waals surface area contributed by atoms with Crippen LogP contribution in [0.3, 0.4) is 0 Å². The summed E-state index contributed by atoms with van der Waals surface area (Å²) in [5.41, 5.74) is 0.688. The molecule has 0 aromatic carbocycles. The summed E-state index contributed by atoms with van der Waals surface area (Å²) in [4.78, 5) is 12.4. The van der Waals surface area contributed by atoms with Gasteiger partial charge in [-0.3, -0.25) is 4.79 Å². The third kappa shape index (κ3) is 2.06. The molecule has 0 aromatic heterocycles. The summed E-state index contributed by atoms with van der Waals surface area (Å²) in [6, 6.07) is 0. The molecule has 0 radical (unpaired) electrons. The van der Waals surface area contributed by atoms with Crippen molar-refractivity contribution in [3.63, 3.8) is 0 Å². The van der Waals surface area contributed by atoms with Gasteiger partial charge in [0.2, 0.25) is 0 Å². The van der Waals surface area contributed by atoms with Gasteiger partial charge >= 0.3 is 0 Å². The number of rotatable bonds is 0. The molecule has 4 fully saturated rings. The topological polar surface area (TPSA) is 17.1 Å². The maximum absolute atomic E-state index is 12.4. The van der Waals surface area contributed by atoms with E-state index in [0.717, 1.165) is 30.1 Å². The number of ketones is 1. The van der Waals surface area contributed by atoms with Gasteiger partial charge < -0.3 is 0 Å². The zero-order chi connectivity index (χ0) is 14.0. The molecular weight excluding hydrogens is 280 g/mol. The Labute approximate surface area is 136 Å². The highest BCUT2D eigenvalue weighted by molar-refractivity contribution is 5.87. The van der Waals surface area contributed by atoms with Crippen molar-refractivity contribution in [1.82, 2.24) is 0 Å². The van der Waals surface area contributed by atoms with Crippen molar-refractivity contribution in [2.75, 3.05) is 0 Å². The molecule has 0 N–H and O–H groups in total. The van der Waals surface area contributed by atoms with Crippen LogP contribution < -0.4 is 0 Å². The summed E-state index contributed by atoms with van der Waals surface area (Å²) in [5, 5.41) is 0. The van der Waals surface area contributed by atoms with Crippen molar-refractivity contribution in [2.24, 2.45) is 34.5 Å². The fourth-order valence-electron chi connectivity index (χ4n) is 7.07. The van der Waals surface area contributed by atoms with Crippen LogP contribution in [0.1, 0.15) is 78.1 Å². The lowest BCUT2D eigenvalue weighted by atomic mass is 9.45. The van der Waals surface area contributed by atoms with E-state index in [1.54, 1.807) is 0 Å². The summed E-state index contributed by atoms with van der Waals surface area (Å²) >= 11 is 0. The highest BCUT2D eigenvalue weighted by Gasteiger charge is 2.59. The predicted octanol–water partition coefficient (Wildman–Crippen LogP) is 5.41. The Balaban J connectivity index is 0.00000132. The standard InChI is InChI=1S/C19H30O.ClH/c1-18-11-4-3-5-13(18)6-7-14-15-8-9-17(20)19(15,2)12-10-16(14)18;/h13-16H,3-12H2,1-2H3;1H/t13?,14-,15-,16-,18-,19-;/m0./s1. The Hall–Kier alpha value is -0.0400. The van der Waals surface area contributed by atoms with Gasteiger partial charge in [-0.1, -0.05) is 26.7 Å². The van der Waals surface area contributed by atoms with E-state index in [2.05, 4.69) is 13.8 Å². The first-order valence-corrected chi connectivity index (χ1v) is 9.09. The Bertz CT molecular complexity index is 433. The van der Waals surface area contributed by atoms with E-state index in [1.165, 1.54) is 57.8 Å². The second-order valence-corrected chi connectivity index (χ2v) is 8.82. The van der Waals surface area contributed by atoms with Crippen LogP contribution in [0.2, 0.25) is 0 Å². The second-order valence-electron chi connectivity index (χ2n) is 8.82. The highest BCUT2D eigenvalue weighted by Crippen LogP contribution is 2.65. The maximum atomic E-state index is 12.4. The minimum Gasteiger partial charge on any atom is -0.299 e. The molecule has 0 saturated heterocycles. The first-order valence-electron chi connectivity index (χ1n) is 9.09. The minimum absolute atomic E-state index is 0. The van der Waals surface area contributed by atoms with E-state index < -0.39 is 0 Å². The van der Waals surface area contributed by atoms with Gasteiger partial charge in [-0.2, -0.15) is 0 Å². The molecule has 6 atom stereocenters. The number of hydrogen-bond donors (Lipinski definition) is 0. The van der Waals surface area contributed by atoms with Crippen LogP contribution in [-0.2, 0) is 4.79 Å². The summed E-state index contributed by atoms with van der Waals surface area (Å²) in [6.45, 7) is 4.92. The molecule has 0 amide bonds. The average molecular weight is 311 g/mol. The molecule has 21 heavy (non-hydrogen) atoms. The lowest BCUT2D eigenvalue weighted by Gasteiger charge is -2.59. The van der Waals surface area contributed by atoms with Crippen LogP contribution in [0.4, 0.5) is 0 Å². The van der Waals surface area contributed by atoms with Crippen molar-refractivity contribution in [3.8, 4) is 0 Å². The first kappa shape index (κ1) is 15.8. The van der Waals surface area contributed by atoms with Gasteiger partial charge in [0.25, 0.3) is 0 Å². The smallest absolute Gasteiger partial charge is 0.139 e. The summed E-state index contributed by atoms with van der Waals surface area (Å²) in [7, 11) is 0. The van der Waals surface area contributed by atoms with Gasteiger partial charge in [-0.05, 0) is 74.0 Å². The zero-order valence-corrected chi connectivity index (χ0v) is 14.5. The van der Waals surface area contributed by atoms with Crippen molar-refractivity contribution >= 4 is 18.2 Å². The van der Waals surface area contributed by atoms with E-state index in [0.29, 0.717) is 11.2 Å². The number of Topliss-reactive ketones (excluding diaryl/α,β-unsaturated/α-hetero) is 1. The van der Waals surface area contributed by atoms with Crippen LogP contribution in [0.15, 0.2) is 0 Å². The van der Waals surface area contributed by atoms with Gasteiger partial charge in [-0.15, -0.1) is 12.4 Å². The molecule has 1 nitrogen and oxygen atoms in total. The van der Waals surface area contributed by atoms with Gasteiger partial charge in [0.1, 0.15) is 5.78 Å². The van der Waals surface area contributed by atoms with Crippen molar-refractivity contribution in [1.29, 1.82) is 0 Å². The van der Waals surface area contributed by atoms with Crippen molar-refractivity contribution < 1.29 is 4.79 Å². The molecule has 4 aliphatic rings. The Morgan fingerprint density at radius 3 is 2.52 bits per heavy atom. The molecule has 0 aliphatic heterocycles. The van der Waals surface area contributed by atoms with Crippen LogP contribution in [-0.4, -0.2) is 5.78 Å². The fourth-order valence-corrected chi connectivity index (χ4v) is 7.07. The third-order valence-corrected chi connectivity index (χ3v) is 8.29. The molecule has 0 bridgehead atoms. The molecule has 0 spiro atoms. The minimum atomic E-state index is 0. The predicted molar refractivity (Wildman–Crippen MR) is 88.6 cm³/mol. The molecule has 2 heteroatoms.